The molecule has 1 aromatic carbocycles. The van der Waals surface area contributed by atoms with Gasteiger partial charge in [-0.15, -0.1) is 4.98 Å². The minimum absolute atomic E-state index is 0.199. The van der Waals surface area contributed by atoms with Crippen molar-refractivity contribution in [1.29, 1.82) is 0 Å². The van der Waals surface area contributed by atoms with Crippen LogP contribution in [0.1, 0.15) is 17.2 Å². The summed E-state index contributed by atoms with van der Waals surface area (Å²) in [6, 6.07) is 7.13. The van der Waals surface area contributed by atoms with Gasteiger partial charge in [-0.3, -0.25) is 9.47 Å². The maximum absolute atomic E-state index is 11.1. The van der Waals surface area contributed by atoms with Gasteiger partial charge in [0.25, 0.3) is 5.19 Å². The zero-order chi connectivity index (χ0) is 16.2. The van der Waals surface area contributed by atoms with Gasteiger partial charge in [0.1, 0.15) is 18.7 Å². The maximum atomic E-state index is 11.1. The molecule has 3 aromatic rings. The predicted molar refractivity (Wildman–Crippen MR) is 83.0 cm³/mol. The molecule has 0 saturated carbocycles. The van der Waals surface area contributed by atoms with Crippen molar-refractivity contribution in [2.75, 3.05) is 7.11 Å². The minimum Gasteiger partial charge on any atom is -0.429 e. The largest absolute Gasteiger partial charge is 0.429 e. The van der Waals surface area contributed by atoms with Crippen LogP contribution in [0.4, 0.5) is 0 Å². The Labute approximate surface area is 134 Å². The molecule has 3 rings (SSSR count). The summed E-state index contributed by atoms with van der Waals surface area (Å²) in [5.74, 6) is 1.47. The number of benzene rings is 1. The number of nitrogens with zero attached hydrogens (tertiary/aromatic N) is 4. The highest BCUT2D eigenvalue weighted by Crippen LogP contribution is 2.26. The average Bonchev–Trinajstić information content (AvgIpc) is 3.14. The van der Waals surface area contributed by atoms with Crippen molar-refractivity contribution in [3.63, 3.8) is 0 Å². The normalized spacial score (nSPS) is 11.5. The third kappa shape index (κ3) is 3.26. The summed E-state index contributed by atoms with van der Waals surface area (Å²) < 4.78 is 8.12. The molecule has 2 N–H and O–H groups in total. The molecule has 0 bridgehead atoms. The standard InChI is InChI=1S/C13H12N6O3S/c1-7-14-11(17-16-7)10(18-21-2)8-5-3-4-6-9(8)22-13-15-12(20)19-23-13/h3-6H,1-2H3,(H,19,20)(H,14,16,17)/b18-10+. The van der Waals surface area contributed by atoms with Crippen LogP contribution >= 0.6 is 11.5 Å². The third-order valence-electron chi connectivity index (χ3n) is 2.75. The molecule has 0 amide bonds. The molecule has 10 heteroatoms. The number of hydrogen-bond acceptors (Lipinski definition) is 8. The van der Waals surface area contributed by atoms with Gasteiger partial charge < -0.3 is 9.57 Å². The van der Waals surface area contributed by atoms with Gasteiger partial charge in [-0.1, -0.05) is 17.3 Å². The molecule has 9 nitrogen and oxygen atoms in total. The van der Waals surface area contributed by atoms with E-state index < -0.39 is 5.69 Å². The molecule has 0 aliphatic heterocycles. The molecular formula is C13H12N6O3S. The molecule has 118 valence electrons. The van der Waals surface area contributed by atoms with Crippen molar-refractivity contribution >= 4 is 17.2 Å². The van der Waals surface area contributed by atoms with E-state index in [1.54, 1.807) is 25.1 Å². The Hall–Kier alpha value is -3.01. The number of aromatic amines is 2. The van der Waals surface area contributed by atoms with Crippen molar-refractivity contribution in [2.24, 2.45) is 5.16 Å². The highest BCUT2D eigenvalue weighted by molar-refractivity contribution is 7.07. The molecule has 0 spiro atoms. The van der Waals surface area contributed by atoms with Gasteiger partial charge in [0.05, 0.1) is 5.56 Å². The maximum Gasteiger partial charge on any atom is 0.358 e. The third-order valence-corrected chi connectivity index (χ3v) is 3.38. The lowest BCUT2D eigenvalue weighted by molar-refractivity contribution is 0.213. The first-order valence-electron chi connectivity index (χ1n) is 6.50. The summed E-state index contributed by atoms with van der Waals surface area (Å²) >= 11 is 0.999. The second kappa shape index (κ2) is 6.40. The molecule has 2 aromatic heterocycles. The van der Waals surface area contributed by atoms with E-state index in [1.165, 1.54) is 7.11 Å². The first-order chi connectivity index (χ1) is 11.2. The fourth-order valence-electron chi connectivity index (χ4n) is 1.86. The highest BCUT2D eigenvalue weighted by atomic mass is 32.1. The number of H-pyrrole nitrogens is 2. The molecule has 0 aliphatic carbocycles. The lowest BCUT2D eigenvalue weighted by atomic mass is 10.1. The number of ether oxygens (including phenoxy) is 1. The monoisotopic (exact) mass is 332 g/mol. The van der Waals surface area contributed by atoms with E-state index in [0.717, 1.165) is 11.5 Å². The van der Waals surface area contributed by atoms with E-state index in [-0.39, 0.29) is 5.19 Å². The Morgan fingerprint density at radius 1 is 1.30 bits per heavy atom. The average molecular weight is 332 g/mol. The number of aromatic nitrogens is 5. The van der Waals surface area contributed by atoms with E-state index >= 15 is 0 Å². The zero-order valence-corrected chi connectivity index (χ0v) is 13.0. The fraction of sp³-hybridized carbons (Fsp3) is 0.154. The van der Waals surface area contributed by atoms with Crippen molar-refractivity contribution in [3.8, 4) is 10.9 Å². The SMILES string of the molecule is CO/N=C(/c1n[nH]c(C)n1)c1ccccc1Oc1nc(=O)[nH]s1. The van der Waals surface area contributed by atoms with Crippen LogP contribution in [0.5, 0.6) is 10.9 Å². The van der Waals surface area contributed by atoms with E-state index in [2.05, 4.69) is 29.7 Å². The molecule has 0 fully saturated rings. The Morgan fingerprint density at radius 2 is 2.13 bits per heavy atom. The van der Waals surface area contributed by atoms with Gasteiger partial charge in [0.2, 0.25) is 5.82 Å². The number of aryl methyl sites for hydroxylation is 1. The van der Waals surface area contributed by atoms with Crippen LogP contribution in [0.25, 0.3) is 0 Å². The quantitative estimate of drug-likeness (QED) is 0.539. The number of rotatable bonds is 5. The first-order valence-corrected chi connectivity index (χ1v) is 7.32. The highest BCUT2D eigenvalue weighted by Gasteiger charge is 2.18. The van der Waals surface area contributed by atoms with Crippen LogP contribution in [-0.2, 0) is 4.84 Å². The second-order valence-corrected chi connectivity index (χ2v) is 5.11. The van der Waals surface area contributed by atoms with Gasteiger partial charge >= 0.3 is 5.69 Å². The first kappa shape index (κ1) is 14.9. The minimum atomic E-state index is -0.460. The van der Waals surface area contributed by atoms with Gasteiger partial charge in [0.15, 0.2) is 5.71 Å². The smallest absolute Gasteiger partial charge is 0.358 e. The summed E-state index contributed by atoms with van der Waals surface area (Å²) in [6.07, 6.45) is 0. The summed E-state index contributed by atoms with van der Waals surface area (Å²) in [7, 11) is 1.43. The van der Waals surface area contributed by atoms with Crippen LogP contribution in [0.15, 0.2) is 34.2 Å². The zero-order valence-electron chi connectivity index (χ0n) is 12.2. The van der Waals surface area contributed by atoms with Crippen molar-refractivity contribution in [3.05, 3.63) is 52.0 Å². The van der Waals surface area contributed by atoms with Crippen LogP contribution in [-0.4, -0.2) is 37.4 Å². The molecule has 0 radical (unpaired) electrons. The van der Waals surface area contributed by atoms with Crippen LogP contribution in [0, 0.1) is 6.92 Å². The molecule has 23 heavy (non-hydrogen) atoms. The molecule has 0 unspecified atom stereocenters. The van der Waals surface area contributed by atoms with Crippen LogP contribution < -0.4 is 10.4 Å². The van der Waals surface area contributed by atoms with Gasteiger partial charge in [0, 0.05) is 11.5 Å². The summed E-state index contributed by atoms with van der Waals surface area (Å²) in [4.78, 5) is 24.0. The second-order valence-electron chi connectivity index (χ2n) is 4.35. The Bertz CT molecular complexity index is 897. The van der Waals surface area contributed by atoms with E-state index in [4.69, 9.17) is 9.57 Å². The summed E-state index contributed by atoms with van der Waals surface area (Å²) in [5.41, 5.74) is 0.546. The number of hydrogen-bond donors (Lipinski definition) is 2. The van der Waals surface area contributed by atoms with Gasteiger partial charge in [-0.25, -0.2) is 9.78 Å². The molecule has 2 heterocycles. The van der Waals surface area contributed by atoms with Crippen LogP contribution in [0.3, 0.4) is 0 Å². The Morgan fingerprint density at radius 3 is 2.78 bits per heavy atom. The topological polar surface area (TPSA) is 118 Å². The molecule has 0 atom stereocenters. The van der Waals surface area contributed by atoms with Gasteiger partial charge in [-0.05, 0) is 19.1 Å². The lowest BCUT2D eigenvalue weighted by Gasteiger charge is -2.08. The Kier molecular flexibility index (Phi) is 4.15. The van der Waals surface area contributed by atoms with Crippen LogP contribution in [0.2, 0.25) is 0 Å². The summed E-state index contributed by atoms with van der Waals surface area (Å²) in [5, 5.41) is 11.0. The fourth-order valence-corrected chi connectivity index (χ4v) is 2.34. The number of nitrogens with one attached hydrogen (secondary N) is 2. The van der Waals surface area contributed by atoms with E-state index in [9.17, 15) is 4.79 Å². The van der Waals surface area contributed by atoms with Crippen molar-refractivity contribution in [2.45, 2.75) is 6.92 Å². The van der Waals surface area contributed by atoms with Crippen molar-refractivity contribution in [1.82, 2.24) is 24.5 Å². The molecule has 0 aliphatic rings. The summed E-state index contributed by atoms with van der Waals surface area (Å²) in [6.45, 7) is 1.78. The molecule has 0 saturated heterocycles. The Balaban J connectivity index is 2.03. The van der Waals surface area contributed by atoms with E-state index in [1.807, 2.05) is 6.07 Å². The van der Waals surface area contributed by atoms with E-state index in [0.29, 0.717) is 28.7 Å². The predicted octanol–water partition coefficient (Wildman–Crippen LogP) is 1.45. The van der Waals surface area contributed by atoms with Gasteiger partial charge in [-0.2, -0.15) is 5.10 Å². The number of oxime groups is 1. The molecular weight excluding hydrogens is 320 g/mol. The lowest BCUT2D eigenvalue weighted by Crippen LogP contribution is -2.08. The number of para-hydroxylation sites is 1. The van der Waals surface area contributed by atoms with Crippen molar-refractivity contribution < 1.29 is 9.57 Å².